The standard InChI is InChI=1S/C16H19BrN4O/c1-11-9-15(20-16(18)19-11)21-8-2-3-13(21)10-22-14-6-4-12(17)5-7-14/h4-7,9,13H,2-3,8,10H2,1H3,(H2,18,19,20)/t13-/m0/s1. The van der Waals surface area contributed by atoms with E-state index < -0.39 is 0 Å². The van der Waals surface area contributed by atoms with Crippen molar-refractivity contribution in [3.63, 3.8) is 0 Å². The number of halogens is 1. The summed E-state index contributed by atoms with van der Waals surface area (Å²) in [6.07, 6.45) is 2.23. The van der Waals surface area contributed by atoms with Gasteiger partial charge in [-0.3, -0.25) is 0 Å². The summed E-state index contributed by atoms with van der Waals surface area (Å²) in [5, 5.41) is 0. The molecule has 1 aliphatic rings. The van der Waals surface area contributed by atoms with Gasteiger partial charge in [0.15, 0.2) is 0 Å². The smallest absolute Gasteiger partial charge is 0.222 e. The summed E-state index contributed by atoms with van der Waals surface area (Å²) in [7, 11) is 0. The van der Waals surface area contributed by atoms with E-state index >= 15 is 0 Å². The minimum Gasteiger partial charge on any atom is -0.491 e. The van der Waals surface area contributed by atoms with E-state index in [0.29, 0.717) is 18.6 Å². The lowest BCUT2D eigenvalue weighted by Crippen LogP contribution is -2.35. The van der Waals surface area contributed by atoms with Crippen LogP contribution >= 0.6 is 15.9 Å². The second-order valence-electron chi connectivity index (χ2n) is 5.48. The van der Waals surface area contributed by atoms with Crippen LogP contribution in [0.1, 0.15) is 18.5 Å². The molecule has 1 aliphatic heterocycles. The monoisotopic (exact) mass is 362 g/mol. The zero-order valence-electron chi connectivity index (χ0n) is 12.5. The lowest BCUT2D eigenvalue weighted by atomic mass is 10.2. The second-order valence-corrected chi connectivity index (χ2v) is 6.40. The van der Waals surface area contributed by atoms with Crippen molar-refractivity contribution in [2.75, 3.05) is 23.8 Å². The van der Waals surface area contributed by atoms with Gasteiger partial charge in [0.25, 0.3) is 0 Å². The van der Waals surface area contributed by atoms with Gasteiger partial charge in [-0.2, -0.15) is 4.98 Å². The molecule has 6 heteroatoms. The van der Waals surface area contributed by atoms with Crippen LogP contribution in [0.25, 0.3) is 0 Å². The molecule has 1 fully saturated rings. The molecule has 1 aromatic heterocycles. The first-order valence-corrected chi connectivity index (χ1v) is 8.17. The number of rotatable bonds is 4. The fourth-order valence-electron chi connectivity index (χ4n) is 2.76. The van der Waals surface area contributed by atoms with Crippen molar-refractivity contribution < 1.29 is 4.74 Å². The van der Waals surface area contributed by atoms with E-state index in [1.54, 1.807) is 0 Å². The maximum absolute atomic E-state index is 5.92. The molecule has 2 N–H and O–H groups in total. The van der Waals surface area contributed by atoms with E-state index in [0.717, 1.165) is 41.1 Å². The second kappa shape index (κ2) is 6.52. The van der Waals surface area contributed by atoms with E-state index in [1.807, 2.05) is 37.3 Å². The zero-order valence-corrected chi connectivity index (χ0v) is 14.1. The summed E-state index contributed by atoms with van der Waals surface area (Å²) in [4.78, 5) is 10.8. The van der Waals surface area contributed by atoms with Crippen LogP contribution in [0.2, 0.25) is 0 Å². The molecule has 2 aromatic rings. The molecule has 1 atom stereocenters. The van der Waals surface area contributed by atoms with Gasteiger partial charge < -0.3 is 15.4 Å². The highest BCUT2D eigenvalue weighted by atomic mass is 79.9. The first kappa shape index (κ1) is 15.1. The Labute approximate surface area is 138 Å². The maximum atomic E-state index is 5.92. The third-order valence-corrected chi connectivity index (χ3v) is 4.31. The van der Waals surface area contributed by atoms with Crippen LogP contribution in [0.4, 0.5) is 11.8 Å². The average Bonchev–Trinajstić information content (AvgIpc) is 2.94. The Morgan fingerprint density at radius 3 is 2.82 bits per heavy atom. The largest absolute Gasteiger partial charge is 0.491 e. The van der Waals surface area contributed by atoms with Gasteiger partial charge in [0.2, 0.25) is 5.95 Å². The minimum absolute atomic E-state index is 0.317. The molecule has 0 radical (unpaired) electrons. The van der Waals surface area contributed by atoms with Gasteiger partial charge in [-0.25, -0.2) is 4.98 Å². The van der Waals surface area contributed by atoms with Gasteiger partial charge in [-0.05, 0) is 44.0 Å². The molecule has 116 valence electrons. The summed E-state index contributed by atoms with van der Waals surface area (Å²) in [6.45, 7) is 3.56. The van der Waals surface area contributed by atoms with Crippen molar-refractivity contribution in [2.45, 2.75) is 25.8 Å². The fraction of sp³-hybridized carbons (Fsp3) is 0.375. The number of nitrogens with two attached hydrogens (primary N) is 1. The predicted molar refractivity (Wildman–Crippen MR) is 91.2 cm³/mol. The topological polar surface area (TPSA) is 64.3 Å². The lowest BCUT2D eigenvalue weighted by molar-refractivity contribution is 0.288. The van der Waals surface area contributed by atoms with E-state index in [2.05, 4.69) is 30.8 Å². The Hall–Kier alpha value is -1.82. The van der Waals surface area contributed by atoms with Crippen LogP contribution in [-0.2, 0) is 0 Å². The van der Waals surface area contributed by atoms with Gasteiger partial charge >= 0.3 is 0 Å². The number of aryl methyl sites for hydroxylation is 1. The Kier molecular flexibility index (Phi) is 4.47. The van der Waals surface area contributed by atoms with Crippen molar-refractivity contribution in [3.8, 4) is 5.75 Å². The normalized spacial score (nSPS) is 17.7. The molecule has 1 aromatic carbocycles. The number of nitrogens with zero attached hydrogens (tertiary/aromatic N) is 3. The van der Waals surface area contributed by atoms with E-state index in [-0.39, 0.29) is 0 Å². The van der Waals surface area contributed by atoms with Gasteiger partial charge in [-0.15, -0.1) is 0 Å². The van der Waals surface area contributed by atoms with Crippen LogP contribution in [0.15, 0.2) is 34.8 Å². The van der Waals surface area contributed by atoms with Crippen LogP contribution in [-0.4, -0.2) is 29.2 Å². The van der Waals surface area contributed by atoms with E-state index in [4.69, 9.17) is 10.5 Å². The number of aromatic nitrogens is 2. The quantitative estimate of drug-likeness (QED) is 0.904. The van der Waals surface area contributed by atoms with E-state index in [1.165, 1.54) is 0 Å². The molecular formula is C16H19BrN4O. The average molecular weight is 363 g/mol. The summed E-state index contributed by atoms with van der Waals surface area (Å²) in [6, 6.07) is 10.2. The predicted octanol–water partition coefficient (Wildman–Crippen LogP) is 3.18. The molecule has 22 heavy (non-hydrogen) atoms. The highest BCUT2D eigenvalue weighted by molar-refractivity contribution is 9.10. The fourth-order valence-corrected chi connectivity index (χ4v) is 3.02. The van der Waals surface area contributed by atoms with Crippen molar-refractivity contribution >= 4 is 27.7 Å². The zero-order chi connectivity index (χ0) is 15.5. The Morgan fingerprint density at radius 1 is 1.32 bits per heavy atom. The SMILES string of the molecule is Cc1cc(N2CCC[C@H]2COc2ccc(Br)cc2)nc(N)n1. The third-order valence-electron chi connectivity index (χ3n) is 3.79. The number of nitrogen functional groups attached to an aromatic ring is 1. The van der Waals surface area contributed by atoms with Crippen LogP contribution < -0.4 is 15.4 Å². The first-order valence-electron chi connectivity index (χ1n) is 7.38. The molecule has 0 aliphatic carbocycles. The van der Waals surface area contributed by atoms with Crippen LogP contribution in [0.3, 0.4) is 0 Å². The number of hydrogen-bond donors (Lipinski definition) is 1. The molecule has 1 saturated heterocycles. The van der Waals surface area contributed by atoms with Crippen LogP contribution in [0, 0.1) is 6.92 Å². The number of ether oxygens (including phenoxy) is 1. The summed E-state index contributed by atoms with van der Waals surface area (Å²) >= 11 is 3.43. The first-order chi connectivity index (χ1) is 10.6. The molecule has 0 amide bonds. The Morgan fingerprint density at radius 2 is 2.09 bits per heavy atom. The summed E-state index contributed by atoms with van der Waals surface area (Å²) in [5.41, 5.74) is 6.66. The summed E-state index contributed by atoms with van der Waals surface area (Å²) < 4.78 is 6.97. The van der Waals surface area contributed by atoms with Gasteiger partial charge in [0.05, 0.1) is 6.04 Å². The molecule has 3 rings (SSSR count). The lowest BCUT2D eigenvalue weighted by Gasteiger charge is -2.26. The molecule has 0 bridgehead atoms. The highest BCUT2D eigenvalue weighted by Crippen LogP contribution is 2.26. The van der Waals surface area contributed by atoms with Crippen molar-refractivity contribution in [2.24, 2.45) is 0 Å². The summed E-state index contributed by atoms with van der Waals surface area (Å²) in [5.74, 6) is 2.11. The number of benzene rings is 1. The third kappa shape index (κ3) is 3.50. The molecule has 5 nitrogen and oxygen atoms in total. The van der Waals surface area contributed by atoms with Crippen molar-refractivity contribution in [1.29, 1.82) is 0 Å². The Balaban J connectivity index is 1.69. The molecular weight excluding hydrogens is 344 g/mol. The van der Waals surface area contributed by atoms with Crippen molar-refractivity contribution in [3.05, 3.63) is 40.5 Å². The molecule has 0 saturated carbocycles. The van der Waals surface area contributed by atoms with Gasteiger partial charge in [0, 0.05) is 22.8 Å². The molecule has 2 heterocycles. The number of anilines is 2. The minimum atomic E-state index is 0.317. The molecule has 0 unspecified atom stereocenters. The molecule has 0 spiro atoms. The van der Waals surface area contributed by atoms with Gasteiger partial charge in [0.1, 0.15) is 18.2 Å². The van der Waals surface area contributed by atoms with E-state index in [9.17, 15) is 0 Å². The maximum Gasteiger partial charge on any atom is 0.222 e. The number of hydrogen-bond acceptors (Lipinski definition) is 5. The van der Waals surface area contributed by atoms with Crippen LogP contribution in [0.5, 0.6) is 5.75 Å². The Bertz CT molecular complexity index is 627. The van der Waals surface area contributed by atoms with Crippen molar-refractivity contribution in [1.82, 2.24) is 9.97 Å². The van der Waals surface area contributed by atoms with Gasteiger partial charge in [-0.1, -0.05) is 15.9 Å². The highest BCUT2D eigenvalue weighted by Gasteiger charge is 2.26.